The molecule has 1 aromatic carbocycles. The summed E-state index contributed by atoms with van der Waals surface area (Å²) in [4.78, 5) is 26.4. The van der Waals surface area contributed by atoms with E-state index in [-0.39, 0.29) is 11.8 Å². The van der Waals surface area contributed by atoms with E-state index in [0.717, 1.165) is 19.5 Å². The number of anilines is 1. The molecule has 5 heteroatoms. The molecule has 1 saturated heterocycles. The SMILES string of the molecule is CCCNC(=O)c1cccc(NC(=O)CN2CCCCCC2)c1. The lowest BCUT2D eigenvalue weighted by molar-refractivity contribution is -0.117. The van der Waals surface area contributed by atoms with Crippen molar-refractivity contribution in [2.45, 2.75) is 39.0 Å². The Morgan fingerprint density at radius 1 is 1.13 bits per heavy atom. The van der Waals surface area contributed by atoms with Crippen LogP contribution in [0.5, 0.6) is 0 Å². The number of rotatable bonds is 6. The van der Waals surface area contributed by atoms with Gasteiger partial charge in [-0.25, -0.2) is 0 Å². The van der Waals surface area contributed by atoms with E-state index < -0.39 is 0 Å². The summed E-state index contributed by atoms with van der Waals surface area (Å²) < 4.78 is 0. The van der Waals surface area contributed by atoms with Crippen molar-refractivity contribution < 1.29 is 9.59 Å². The van der Waals surface area contributed by atoms with Crippen LogP contribution in [0.15, 0.2) is 24.3 Å². The second-order valence-corrected chi connectivity index (χ2v) is 6.08. The van der Waals surface area contributed by atoms with E-state index in [1.165, 1.54) is 25.7 Å². The molecule has 1 aromatic rings. The normalized spacial score (nSPS) is 15.7. The van der Waals surface area contributed by atoms with Crippen LogP contribution in [0.3, 0.4) is 0 Å². The van der Waals surface area contributed by atoms with Crippen molar-refractivity contribution in [3.05, 3.63) is 29.8 Å². The Hall–Kier alpha value is -1.88. The van der Waals surface area contributed by atoms with E-state index in [1.807, 2.05) is 13.0 Å². The minimum atomic E-state index is -0.101. The summed E-state index contributed by atoms with van der Waals surface area (Å²) in [7, 11) is 0. The molecule has 0 unspecified atom stereocenters. The number of hydrogen-bond acceptors (Lipinski definition) is 3. The van der Waals surface area contributed by atoms with Crippen molar-refractivity contribution in [1.29, 1.82) is 0 Å². The molecule has 0 atom stereocenters. The minimum absolute atomic E-state index is 0.0157. The maximum Gasteiger partial charge on any atom is 0.251 e. The Kier molecular flexibility index (Phi) is 7.07. The lowest BCUT2D eigenvalue weighted by Crippen LogP contribution is -2.34. The molecular weight excluding hydrogens is 290 g/mol. The summed E-state index contributed by atoms with van der Waals surface area (Å²) in [6.45, 7) is 5.08. The highest BCUT2D eigenvalue weighted by Crippen LogP contribution is 2.12. The molecule has 0 radical (unpaired) electrons. The zero-order valence-electron chi connectivity index (χ0n) is 13.9. The highest BCUT2D eigenvalue weighted by atomic mass is 16.2. The van der Waals surface area contributed by atoms with Gasteiger partial charge in [-0.2, -0.15) is 0 Å². The number of carbonyl (C=O) groups excluding carboxylic acids is 2. The molecule has 0 saturated carbocycles. The van der Waals surface area contributed by atoms with Gasteiger partial charge in [-0.05, 0) is 50.6 Å². The second-order valence-electron chi connectivity index (χ2n) is 6.08. The fourth-order valence-electron chi connectivity index (χ4n) is 2.78. The van der Waals surface area contributed by atoms with Gasteiger partial charge in [0.15, 0.2) is 0 Å². The van der Waals surface area contributed by atoms with E-state index in [4.69, 9.17) is 0 Å². The first-order valence-corrected chi connectivity index (χ1v) is 8.59. The zero-order chi connectivity index (χ0) is 16.5. The molecule has 0 spiro atoms. The van der Waals surface area contributed by atoms with Crippen LogP contribution in [-0.2, 0) is 4.79 Å². The number of nitrogens with zero attached hydrogens (tertiary/aromatic N) is 1. The van der Waals surface area contributed by atoms with Crippen LogP contribution in [0.25, 0.3) is 0 Å². The largest absolute Gasteiger partial charge is 0.352 e. The summed E-state index contributed by atoms with van der Waals surface area (Å²) in [5.74, 6) is -0.117. The minimum Gasteiger partial charge on any atom is -0.352 e. The average Bonchev–Trinajstić information content (AvgIpc) is 2.81. The van der Waals surface area contributed by atoms with Gasteiger partial charge in [-0.3, -0.25) is 14.5 Å². The molecule has 126 valence electrons. The lowest BCUT2D eigenvalue weighted by Gasteiger charge is -2.19. The summed E-state index contributed by atoms with van der Waals surface area (Å²) in [6, 6.07) is 7.10. The van der Waals surface area contributed by atoms with E-state index in [1.54, 1.807) is 18.2 Å². The first-order chi connectivity index (χ1) is 11.2. The third kappa shape index (κ3) is 6.02. The Morgan fingerprint density at radius 3 is 2.57 bits per heavy atom. The van der Waals surface area contributed by atoms with Gasteiger partial charge in [-0.15, -0.1) is 0 Å². The van der Waals surface area contributed by atoms with Crippen LogP contribution in [0.4, 0.5) is 5.69 Å². The third-order valence-electron chi connectivity index (χ3n) is 4.01. The van der Waals surface area contributed by atoms with E-state index in [0.29, 0.717) is 24.3 Å². The molecule has 2 amide bonds. The van der Waals surface area contributed by atoms with Gasteiger partial charge in [0, 0.05) is 17.8 Å². The van der Waals surface area contributed by atoms with E-state index in [2.05, 4.69) is 15.5 Å². The van der Waals surface area contributed by atoms with Crippen LogP contribution in [0.2, 0.25) is 0 Å². The molecule has 5 nitrogen and oxygen atoms in total. The topological polar surface area (TPSA) is 61.4 Å². The van der Waals surface area contributed by atoms with Crippen molar-refractivity contribution in [1.82, 2.24) is 10.2 Å². The van der Waals surface area contributed by atoms with Crippen molar-refractivity contribution in [2.75, 3.05) is 31.5 Å². The molecule has 1 heterocycles. The highest BCUT2D eigenvalue weighted by Gasteiger charge is 2.13. The summed E-state index contributed by atoms with van der Waals surface area (Å²) in [6.07, 6.45) is 5.75. The Morgan fingerprint density at radius 2 is 1.87 bits per heavy atom. The summed E-state index contributed by atoms with van der Waals surface area (Å²) >= 11 is 0. The zero-order valence-corrected chi connectivity index (χ0v) is 13.9. The van der Waals surface area contributed by atoms with Gasteiger partial charge in [0.05, 0.1) is 6.54 Å². The third-order valence-corrected chi connectivity index (χ3v) is 4.01. The van der Waals surface area contributed by atoms with Crippen LogP contribution in [-0.4, -0.2) is 42.9 Å². The first-order valence-electron chi connectivity index (χ1n) is 8.59. The number of amides is 2. The van der Waals surface area contributed by atoms with Gasteiger partial charge in [-0.1, -0.05) is 25.8 Å². The van der Waals surface area contributed by atoms with E-state index >= 15 is 0 Å². The Labute approximate surface area is 138 Å². The van der Waals surface area contributed by atoms with E-state index in [9.17, 15) is 9.59 Å². The van der Waals surface area contributed by atoms with Crippen molar-refractivity contribution in [3.63, 3.8) is 0 Å². The average molecular weight is 317 g/mol. The maximum absolute atomic E-state index is 12.2. The number of nitrogens with one attached hydrogen (secondary N) is 2. The molecule has 0 aromatic heterocycles. The molecule has 0 bridgehead atoms. The van der Waals surface area contributed by atoms with Crippen molar-refractivity contribution >= 4 is 17.5 Å². The number of carbonyl (C=O) groups is 2. The molecule has 0 aliphatic carbocycles. The number of likely N-dealkylation sites (tertiary alicyclic amines) is 1. The standard InChI is InChI=1S/C18H27N3O2/c1-2-10-19-18(23)15-8-7-9-16(13-15)20-17(22)14-21-11-5-3-4-6-12-21/h7-9,13H,2-6,10-12,14H2,1H3,(H,19,23)(H,20,22). The van der Waals surface area contributed by atoms with Gasteiger partial charge >= 0.3 is 0 Å². The number of hydrogen-bond donors (Lipinski definition) is 2. The van der Waals surface area contributed by atoms with Crippen LogP contribution in [0.1, 0.15) is 49.4 Å². The second kappa shape index (κ2) is 9.30. The van der Waals surface area contributed by atoms with Crippen LogP contribution in [0, 0.1) is 0 Å². The Bertz CT molecular complexity index is 523. The monoisotopic (exact) mass is 317 g/mol. The number of benzene rings is 1. The molecular formula is C18H27N3O2. The van der Waals surface area contributed by atoms with Crippen molar-refractivity contribution in [3.8, 4) is 0 Å². The van der Waals surface area contributed by atoms with Crippen molar-refractivity contribution in [2.24, 2.45) is 0 Å². The highest BCUT2D eigenvalue weighted by molar-refractivity contribution is 5.97. The summed E-state index contributed by atoms with van der Waals surface area (Å²) in [5, 5.41) is 5.74. The van der Waals surface area contributed by atoms with Gasteiger partial charge in [0.2, 0.25) is 5.91 Å². The first kappa shape index (κ1) is 17.5. The molecule has 2 N–H and O–H groups in total. The lowest BCUT2D eigenvalue weighted by atomic mass is 10.2. The molecule has 23 heavy (non-hydrogen) atoms. The van der Waals surface area contributed by atoms with Gasteiger partial charge < -0.3 is 10.6 Å². The quantitative estimate of drug-likeness (QED) is 0.848. The molecule has 1 fully saturated rings. The molecule has 2 rings (SSSR count). The molecule has 1 aliphatic rings. The summed E-state index contributed by atoms with van der Waals surface area (Å²) in [5.41, 5.74) is 1.25. The molecule has 1 aliphatic heterocycles. The fourth-order valence-corrected chi connectivity index (χ4v) is 2.78. The fraction of sp³-hybridized carbons (Fsp3) is 0.556. The van der Waals surface area contributed by atoms with Crippen LogP contribution < -0.4 is 10.6 Å². The maximum atomic E-state index is 12.2. The smallest absolute Gasteiger partial charge is 0.251 e. The van der Waals surface area contributed by atoms with Gasteiger partial charge in [0.25, 0.3) is 5.91 Å². The van der Waals surface area contributed by atoms with Crippen LogP contribution >= 0.6 is 0 Å². The predicted octanol–water partition coefficient (Wildman–Crippen LogP) is 2.64. The Balaban J connectivity index is 1.88. The van der Waals surface area contributed by atoms with Gasteiger partial charge in [0.1, 0.15) is 0 Å². The predicted molar refractivity (Wildman–Crippen MR) is 92.6 cm³/mol.